The Morgan fingerprint density at radius 3 is 2.38 bits per heavy atom. The Morgan fingerprint density at radius 1 is 1.12 bits per heavy atom. The van der Waals surface area contributed by atoms with Gasteiger partial charge >= 0.3 is 0 Å². The van der Waals surface area contributed by atoms with Crippen molar-refractivity contribution < 1.29 is 9.59 Å². The van der Waals surface area contributed by atoms with Crippen LogP contribution in [0.25, 0.3) is 0 Å². The molecule has 2 amide bonds. The predicted molar refractivity (Wildman–Crippen MR) is 107 cm³/mol. The van der Waals surface area contributed by atoms with Crippen molar-refractivity contribution in [3.63, 3.8) is 0 Å². The van der Waals surface area contributed by atoms with Crippen LogP contribution < -0.4 is 10.6 Å². The van der Waals surface area contributed by atoms with Gasteiger partial charge in [-0.1, -0.05) is 23.7 Å². The number of benzene rings is 2. The molecule has 0 spiro atoms. The van der Waals surface area contributed by atoms with Crippen LogP contribution in [-0.4, -0.2) is 17.6 Å². The molecule has 1 fully saturated rings. The average Bonchev–Trinajstić information content (AvgIpc) is 3.47. The van der Waals surface area contributed by atoms with Crippen LogP contribution in [0.3, 0.4) is 0 Å². The Kier molecular flexibility index (Phi) is 6.22. The molecule has 136 valence electrons. The van der Waals surface area contributed by atoms with Crippen LogP contribution in [0.15, 0.2) is 53.4 Å². The molecule has 1 unspecified atom stereocenters. The third kappa shape index (κ3) is 5.51. The molecule has 1 aliphatic carbocycles. The molecule has 1 aliphatic rings. The lowest BCUT2D eigenvalue weighted by Crippen LogP contribution is -2.28. The summed E-state index contributed by atoms with van der Waals surface area (Å²) in [5, 5.41) is 6.59. The van der Waals surface area contributed by atoms with Crippen molar-refractivity contribution in [2.45, 2.75) is 30.7 Å². The molecule has 0 radical (unpaired) electrons. The van der Waals surface area contributed by atoms with Gasteiger partial charge in [0.25, 0.3) is 0 Å². The van der Waals surface area contributed by atoms with Crippen LogP contribution in [-0.2, 0) is 9.59 Å². The summed E-state index contributed by atoms with van der Waals surface area (Å²) in [6.07, 6.45) is 1.97. The molecular weight excluding hydrogens is 368 g/mol. The van der Waals surface area contributed by atoms with E-state index in [1.54, 1.807) is 0 Å². The molecule has 0 aromatic heterocycles. The second-order valence-electron chi connectivity index (χ2n) is 6.42. The second kappa shape index (κ2) is 8.60. The van der Waals surface area contributed by atoms with E-state index < -0.39 is 0 Å². The SMILES string of the molecule is CC(NC(=O)CSc1ccc(Cl)cc1)c1ccc(NC(=O)C2CC2)cc1. The summed E-state index contributed by atoms with van der Waals surface area (Å²) in [4.78, 5) is 24.9. The molecule has 4 nitrogen and oxygen atoms in total. The lowest BCUT2D eigenvalue weighted by atomic mass is 10.1. The van der Waals surface area contributed by atoms with Crippen LogP contribution in [0.4, 0.5) is 5.69 Å². The molecule has 0 saturated heterocycles. The maximum atomic E-state index is 12.1. The van der Waals surface area contributed by atoms with Gasteiger partial charge in [-0.2, -0.15) is 0 Å². The normalized spacial score (nSPS) is 14.5. The zero-order chi connectivity index (χ0) is 18.5. The van der Waals surface area contributed by atoms with Crippen LogP contribution in [0.1, 0.15) is 31.4 Å². The number of hydrogen-bond donors (Lipinski definition) is 2. The van der Waals surface area contributed by atoms with E-state index in [9.17, 15) is 9.59 Å². The Hall–Kier alpha value is -1.98. The molecule has 2 aromatic rings. The molecule has 0 bridgehead atoms. The summed E-state index contributed by atoms with van der Waals surface area (Å²) in [6.45, 7) is 1.95. The number of thioether (sulfide) groups is 1. The molecule has 1 atom stereocenters. The minimum absolute atomic E-state index is 0.0245. The highest BCUT2D eigenvalue weighted by Crippen LogP contribution is 2.30. The fraction of sp³-hybridized carbons (Fsp3) is 0.300. The lowest BCUT2D eigenvalue weighted by Gasteiger charge is -2.15. The summed E-state index contributed by atoms with van der Waals surface area (Å²) in [5.74, 6) is 0.606. The van der Waals surface area contributed by atoms with Crippen molar-refractivity contribution in [2.75, 3.05) is 11.1 Å². The first-order chi connectivity index (χ1) is 12.5. The number of hydrogen-bond acceptors (Lipinski definition) is 3. The first-order valence-electron chi connectivity index (χ1n) is 8.60. The number of carbonyl (C=O) groups excluding carboxylic acids is 2. The summed E-state index contributed by atoms with van der Waals surface area (Å²) < 4.78 is 0. The number of rotatable bonds is 7. The monoisotopic (exact) mass is 388 g/mol. The van der Waals surface area contributed by atoms with Crippen LogP contribution >= 0.6 is 23.4 Å². The fourth-order valence-corrected chi connectivity index (χ4v) is 3.33. The molecular formula is C20H21ClN2O2S. The number of amides is 2. The second-order valence-corrected chi connectivity index (χ2v) is 7.90. The van der Waals surface area contributed by atoms with Crippen molar-refractivity contribution in [1.82, 2.24) is 5.32 Å². The highest BCUT2D eigenvalue weighted by Gasteiger charge is 2.29. The van der Waals surface area contributed by atoms with Crippen molar-refractivity contribution in [2.24, 2.45) is 5.92 Å². The van der Waals surface area contributed by atoms with E-state index in [0.717, 1.165) is 29.0 Å². The first-order valence-corrected chi connectivity index (χ1v) is 9.96. The van der Waals surface area contributed by atoms with Gasteiger partial charge < -0.3 is 10.6 Å². The van der Waals surface area contributed by atoms with Crippen LogP contribution in [0.2, 0.25) is 5.02 Å². The molecule has 0 aliphatic heterocycles. The largest absolute Gasteiger partial charge is 0.349 e. The van der Waals surface area contributed by atoms with Gasteiger partial charge in [-0.05, 0) is 61.7 Å². The maximum Gasteiger partial charge on any atom is 0.230 e. The lowest BCUT2D eigenvalue weighted by molar-refractivity contribution is -0.119. The molecule has 1 saturated carbocycles. The number of carbonyl (C=O) groups is 2. The first kappa shape index (κ1) is 18.8. The fourth-order valence-electron chi connectivity index (χ4n) is 2.49. The van der Waals surface area contributed by atoms with Gasteiger partial charge in [-0.25, -0.2) is 0 Å². The average molecular weight is 389 g/mol. The predicted octanol–water partition coefficient (Wildman–Crippen LogP) is 4.66. The smallest absolute Gasteiger partial charge is 0.230 e. The van der Waals surface area contributed by atoms with Gasteiger partial charge in [0.05, 0.1) is 11.8 Å². The van der Waals surface area contributed by atoms with Crippen LogP contribution in [0, 0.1) is 5.92 Å². The zero-order valence-corrected chi connectivity index (χ0v) is 16.1. The molecule has 2 aromatic carbocycles. The Bertz CT molecular complexity index is 773. The maximum absolute atomic E-state index is 12.1. The van der Waals surface area contributed by atoms with Crippen LogP contribution in [0.5, 0.6) is 0 Å². The van der Waals surface area contributed by atoms with E-state index in [1.165, 1.54) is 11.8 Å². The third-order valence-corrected chi connectivity index (χ3v) is 5.45. The summed E-state index contributed by atoms with van der Waals surface area (Å²) in [6, 6.07) is 14.9. The van der Waals surface area contributed by atoms with Gasteiger partial charge in [0.2, 0.25) is 11.8 Å². The van der Waals surface area contributed by atoms with Gasteiger partial charge in [-0.3, -0.25) is 9.59 Å². The van der Waals surface area contributed by atoms with E-state index in [2.05, 4.69) is 10.6 Å². The third-order valence-electron chi connectivity index (χ3n) is 4.19. The quantitative estimate of drug-likeness (QED) is 0.678. The van der Waals surface area contributed by atoms with E-state index in [1.807, 2.05) is 55.5 Å². The van der Waals surface area contributed by atoms with Gasteiger partial charge in [-0.15, -0.1) is 11.8 Å². The van der Waals surface area contributed by atoms with Crippen molar-refractivity contribution in [1.29, 1.82) is 0 Å². The topological polar surface area (TPSA) is 58.2 Å². The van der Waals surface area contributed by atoms with E-state index in [4.69, 9.17) is 11.6 Å². The zero-order valence-electron chi connectivity index (χ0n) is 14.5. The summed E-state index contributed by atoms with van der Waals surface area (Å²) >= 11 is 7.33. The summed E-state index contributed by atoms with van der Waals surface area (Å²) in [7, 11) is 0. The molecule has 26 heavy (non-hydrogen) atoms. The minimum atomic E-state index is -0.0958. The van der Waals surface area contributed by atoms with Crippen molar-refractivity contribution >= 4 is 40.9 Å². The minimum Gasteiger partial charge on any atom is -0.349 e. The molecule has 6 heteroatoms. The molecule has 3 rings (SSSR count). The van der Waals surface area contributed by atoms with E-state index in [-0.39, 0.29) is 23.8 Å². The van der Waals surface area contributed by atoms with Crippen molar-refractivity contribution in [3.05, 3.63) is 59.1 Å². The van der Waals surface area contributed by atoms with Gasteiger partial charge in [0, 0.05) is 21.5 Å². The van der Waals surface area contributed by atoms with E-state index in [0.29, 0.717) is 10.8 Å². The molecule has 0 heterocycles. The Balaban J connectivity index is 1.47. The summed E-state index contributed by atoms with van der Waals surface area (Å²) in [5.41, 5.74) is 1.79. The highest BCUT2D eigenvalue weighted by molar-refractivity contribution is 8.00. The Morgan fingerprint density at radius 2 is 1.77 bits per heavy atom. The number of anilines is 1. The standard InChI is InChI=1S/C20H21ClN2O2S/c1-13(22-19(24)12-26-18-10-6-16(21)7-11-18)14-4-8-17(9-5-14)23-20(25)15-2-3-15/h4-11,13,15H,2-3,12H2,1H3,(H,22,24)(H,23,25). The van der Waals surface area contributed by atoms with Gasteiger partial charge in [0.1, 0.15) is 0 Å². The number of nitrogens with one attached hydrogen (secondary N) is 2. The van der Waals surface area contributed by atoms with Gasteiger partial charge in [0.15, 0.2) is 0 Å². The Labute approximate surface area is 162 Å². The molecule has 2 N–H and O–H groups in total. The number of halogens is 1. The highest BCUT2D eigenvalue weighted by atomic mass is 35.5. The van der Waals surface area contributed by atoms with E-state index >= 15 is 0 Å². The van der Waals surface area contributed by atoms with Crippen molar-refractivity contribution in [3.8, 4) is 0 Å².